The Bertz CT molecular complexity index is 740. The average Bonchev–Trinajstić information content (AvgIpc) is 3.06. The maximum atomic E-state index is 12.7. The molecular formula is C20H27N3O4. The van der Waals surface area contributed by atoms with E-state index in [1.54, 1.807) is 25.0 Å². The number of aromatic nitrogens is 1. The molecule has 0 bridgehead atoms. The van der Waals surface area contributed by atoms with Gasteiger partial charge < -0.3 is 19.5 Å². The van der Waals surface area contributed by atoms with Crippen LogP contribution in [0.4, 0.5) is 5.82 Å². The summed E-state index contributed by atoms with van der Waals surface area (Å²) in [4.78, 5) is 26.6. The topological polar surface area (TPSA) is 84.7 Å². The number of aryl methyl sites for hydroxylation is 1. The van der Waals surface area contributed by atoms with Crippen LogP contribution in [0.5, 0.6) is 5.75 Å². The highest BCUT2D eigenvalue weighted by Gasteiger charge is 2.18. The lowest BCUT2D eigenvalue weighted by Gasteiger charge is -2.22. The van der Waals surface area contributed by atoms with E-state index in [1.165, 1.54) is 0 Å². The summed E-state index contributed by atoms with van der Waals surface area (Å²) in [5.74, 6) is 1.34. The SMILES string of the molecule is CCCCCN(CC(=O)Nc1cc(C)on1)C(=O)Cc1ccc(OC)cc1. The first-order valence-corrected chi connectivity index (χ1v) is 9.15. The number of ether oxygens (including phenoxy) is 1. The molecule has 0 radical (unpaired) electrons. The van der Waals surface area contributed by atoms with Crippen molar-refractivity contribution < 1.29 is 18.8 Å². The normalized spacial score (nSPS) is 10.5. The van der Waals surface area contributed by atoms with Crippen molar-refractivity contribution in [3.63, 3.8) is 0 Å². The van der Waals surface area contributed by atoms with Crippen LogP contribution >= 0.6 is 0 Å². The van der Waals surface area contributed by atoms with Gasteiger partial charge in [-0.15, -0.1) is 0 Å². The number of unbranched alkanes of at least 4 members (excludes halogenated alkanes) is 2. The Hall–Kier alpha value is -2.83. The van der Waals surface area contributed by atoms with E-state index in [0.717, 1.165) is 30.6 Å². The summed E-state index contributed by atoms with van der Waals surface area (Å²) in [6.45, 7) is 4.39. The number of anilines is 1. The number of nitrogens with one attached hydrogen (secondary N) is 1. The van der Waals surface area contributed by atoms with E-state index in [0.29, 0.717) is 18.1 Å². The molecule has 2 amide bonds. The van der Waals surface area contributed by atoms with E-state index in [2.05, 4.69) is 17.4 Å². The van der Waals surface area contributed by atoms with E-state index in [1.807, 2.05) is 24.3 Å². The van der Waals surface area contributed by atoms with Gasteiger partial charge in [0.05, 0.1) is 20.1 Å². The second-order valence-corrected chi connectivity index (χ2v) is 6.42. The van der Waals surface area contributed by atoms with Crippen LogP contribution in [0.1, 0.15) is 37.5 Å². The summed E-state index contributed by atoms with van der Waals surface area (Å²) in [5.41, 5.74) is 0.883. The molecule has 0 aliphatic carbocycles. The van der Waals surface area contributed by atoms with Gasteiger partial charge in [0.15, 0.2) is 5.82 Å². The number of hydrogen-bond acceptors (Lipinski definition) is 5. The Balaban J connectivity index is 1.97. The summed E-state index contributed by atoms with van der Waals surface area (Å²) < 4.78 is 10.1. The molecule has 2 rings (SSSR count). The minimum Gasteiger partial charge on any atom is -0.497 e. The molecule has 1 heterocycles. The predicted octanol–water partition coefficient (Wildman–Crippen LogP) is 3.19. The van der Waals surface area contributed by atoms with Crippen LogP contribution in [0.2, 0.25) is 0 Å². The van der Waals surface area contributed by atoms with Gasteiger partial charge >= 0.3 is 0 Å². The number of hydrogen-bond donors (Lipinski definition) is 1. The van der Waals surface area contributed by atoms with Crippen molar-refractivity contribution in [2.75, 3.05) is 25.5 Å². The molecule has 7 nitrogen and oxygen atoms in total. The molecule has 1 aromatic heterocycles. The fourth-order valence-electron chi connectivity index (χ4n) is 2.66. The van der Waals surface area contributed by atoms with Crippen molar-refractivity contribution in [2.45, 2.75) is 39.5 Å². The lowest BCUT2D eigenvalue weighted by atomic mass is 10.1. The van der Waals surface area contributed by atoms with Crippen LogP contribution in [0.3, 0.4) is 0 Å². The standard InChI is InChI=1S/C20H27N3O4/c1-4-5-6-11-23(14-19(24)21-18-12-15(2)27-22-18)20(25)13-16-7-9-17(26-3)10-8-16/h7-10,12H,4-6,11,13-14H2,1-3H3,(H,21,22,24). The van der Waals surface area contributed by atoms with Gasteiger partial charge in [0.1, 0.15) is 11.5 Å². The maximum absolute atomic E-state index is 12.7. The summed E-state index contributed by atoms with van der Waals surface area (Å²) in [6, 6.07) is 9.00. The third-order valence-electron chi connectivity index (χ3n) is 4.13. The molecule has 0 aliphatic heterocycles. The summed E-state index contributed by atoms with van der Waals surface area (Å²) in [7, 11) is 1.60. The van der Waals surface area contributed by atoms with Crippen molar-refractivity contribution in [3.05, 3.63) is 41.7 Å². The second kappa shape index (κ2) is 10.4. The van der Waals surface area contributed by atoms with Crippen molar-refractivity contribution in [1.29, 1.82) is 0 Å². The highest BCUT2D eigenvalue weighted by atomic mass is 16.5. The van der Waals surface area contributed by atoms with E-state index >= 15 is 0 Å². The van der Waals surface area contributed by atoms with Crippen molar-refractivity contribution >= 4 is 17.6 Å². The summed E-state index contributed by atoms with van der Waals surface area (Å²) in [5, 5.41) is 6.41. The maximum Gasteiger partial charge on any atom is 0.245 e. The monoisotopic (exact) mass is 373 g/mol. The van der Waals surface area contributed by atoms with Crippen LogP contribution in [0.25, 0.3) is 0 Å². The molecule has 0 unspecified atom stereocenters. The third-order valence-corrected chi connectivity index (χ3v) is 4.13. The van der Waals surface area contributed by atoms with Gasteiger partial charge in [-0.1, -0.05) is 37.1 Å². The zero-order valence-electron chi connectivity index (χ0n) is 16.2. The molecule has 1 aromatic carbocycles. The Labute approximate surface area is 159 Å². The highest BCUT2D eigenvalue weighted by Crippen LogP contribution is 2.13. The molecule has 0 saturated heterocycles. The Morgan fingerprint density at radius 3 is 2.56 bits per heavy atom. The van der Waals surface area contributed by atoms with Crippen LogP contribution in [-0.4, -0.2) is 42.1 Å². The largest absolute Gasteiger partial charge is 0.497 e. The minimum absolute atomic E-state index is 0.00932. The van der Waals surface area contributed by atoms with Crippen LogP contribution in [-0.2, 0) is 16.0 Å². The Morgan fingerprint density at radius 1 is 1.22 bits per heavy atom. The molecule has 0 saturated carbocycles. The molecular weight excluding hydrogens is 346 g/mol. The summed E-state index contributed by atoms with van der Waals surface area (Å²) >= 11 is 0. The van der Waals surface area contributed by atoms with E-state index < -0.39 is 0 Å². The van der Waals surface area contributed by atoms with Gasteiger partial charge in [-0.2, -0.15) is 0 Å². The number of rotatable bonds is 10. The molecule has 7 heteroatoms. The van der Waals surface area contributed by atoms with Gasteiger partial charge in [-0.05, 0) is 31.0 Å². The number of amides is 2. The average molecular weight is 373 g/mol. The Morgan fingerprint density at radius 2 is 1.96 bits per heavy atom. The first-order chi connectivity index (χ1) is 13.0. The van der Waals surface area contributed by atoms with E-state index in [4.69, 9.17) is 9.26 Å². The fraction of sp³-hybridized carbons (Fsp3) is 0.450. The van der Waals surface area contributed by atoms with E-state index in [-0.39, 0.29) is 24.8 Å². The predicted molar refractivity (Wildman–Crippen MR) is 103 cm³/mol. The van der Waals surface area contributed by atoms with Gasteiger partial charge in [0, 0.05) is 12.6 Å². The van der Waals surface area contributed by atoms with Gasteiger partial charge in [-0.25, -0.2) is 0 Å². The highest BCUT2D eigenvalue weighted by molar-refractivity contribution is 5.94. The number of nitrogens with zero attached hydrogens (tertiary/aromatic N) is 2. The molecule has 146 valence electrons. The van der Waals surface area contributed by atoms with E-state index in [9.17, 15) is 9.59 Å². The quantitative estimate of drug-likeness (QED) is 0.647. The lowest BCUT2D eigenvalue weighted by molar-refractivity contribution is -0.134. The number of methoxy groups -OCH3 is 1. The molecule has 1 N–H and O–H groups in total. The zero-order chi connectivity index (χ0) is 19.6. The van der Waals surface area contributed by atoms with Gasteiger partial charge in [-0.3, -0.25) is 9.59 Å². The number of carbonyl (C=O) groups is 2. The lowest BCUT2D eigenvalue weighted by Crippen LogP contribution is -2.39. The Kier molecular flexibility index (Phi) is 7.85. The number of carbonyl (C=O) groups excluding carboxylic acids is 2. The van der Waals surface area contributed by atoms with Gasteiger partial charge in [0.25, 0.3) is 0 Å². The number of benzene rings is 1. The van der Waals surface area contributed by atoms with Crippen LogP contribution < -0.4 is 10.1 Å². The molecule has 27 heavy (non-hydrogen) atoms. The molecule has 0 atom stereocenters. The van der Waals surface area contributed by atoms with Crippen LogP contribution in [0.15, 0.2) is 34.9 Å². The van der Waals surface area contributed by atoms with Gasteiger partial charge in [0.2, 0.25) is 11.8 Å². The van der Waals surface area contributed by atoms with Crippen molar-refractivity contribution in [1.82, 2.24) is 10.1 Å². The molecule has 2 aromatic rings. The van der Waals surface area contributed by atoms with Crippen molar-refractivity contribution in [3.8, 4) is 5.75 Å². The molecule has 0 aliphatic rings. The molecule has 0 spiro atoms. The van der Waals surface area contributed by atoms with Crippen molar-refractivity contribution in [2.24, 2.45) is 0 Å². The fourth-order valence-corrected chi connectivity index (χ4v) is 2.66. The van der Waals surface area contributed by atoms with Crippen LogP contribution in [0, 0.1) is 6.92 Å². The third kappa shape index (κ3) is 6.77. The second-order valence-electron chi connectivity index (χ2n) is 6.42. The first kappa shape index (κ1) is 20.5. The zero-order valence-corrected chi connectivity index (χ0v) is 16.2. The minimum atomic E-state index is -0.289. The first-order valence-electron chi connectivity index (χ1n) is 9.15. The summed E-state index contributed by atoms with van der Waals surface area (Å²) in [6.07, 6.45) is 3.16. The molecule has 0 fully saturated rings. The smallest absolute Gasteiger partial charge is 0.245 e.